The van der Waals surface area contributed by atoms with Crippen molar-refractivity contribution in [2.24, 2.45) is 11.7 Å². The third-order valence-corrected chi connectivity index (χ3v) is 7.07. The summed E-state index contributed by atoms with van der Waals surface area (Å²) in [6.45, 7) is 4.40. The third-order valence-electron chi connectivity index (χ3n) is 5.97. The normalized spacial score (nSPS) is 15.0. The molecule has 3 amide bonds. The van der Waals surface area contributed by atoms with Gasteiger partial charge < -0.3 is 16.4 Å². The van der Waals surface area contributed by atoms with Gasteiger partial charge in [0.2, 0.25) is 0 Å². The van der Waals surface area contributed by atoms with Gasteiger partial charge >= 0.3 is 0 Å². The Morgan fingerprint density at radius 2 is 1.91 bits per heavy atom. The van der Waals surface area contributed by atoms with Crippen LogP contribution in [-0.2, 0) is 12.8 Å². The smallest absolute Gasteiger partial charge is 0.261 e. The number of benzene rings is 1. The van der Waals surface area contributed by atoms with Crippen LogP contribution in [0.5, 0.6) is 0 Å². The van der Waals surface area contributed by atoms with Gasteiger partial charge in [0.15, 0.2) is 0 Å². The Morgan fingerprint density at radius 1 is 1.20 bits per heavy atom. The van der Waals surface area contributed by atoms with E-state index in [0.29, 0.717) is 51.7 Å². The monoisotopic (exact) mass is 494 g/mol. The summed E-state index contributed by atoms with van der Waals surface area (Å²) < 4.78 is 13.4. The van der Waals surface area contributed by atoms with Crippen LogP contribution in [0.2, 0.25) is 0 Å². The second-order valence-electron chi connectivity index (χ2n) is 9.01. The molecule has 0 spiro atoms. The number of hydrogen-bond donors (Lipinski definition) is 3. The fourth-order valence-corrected chi connectivity index (χ4v) is 5.43. The molecule has 9 heteroatoms. The van der Waals surface area contributed by atoms with E-state index in [1.165, 1.54) is 23.5 Å². The lowest BCUT2D eigenvalue weighted by Gasteiger charge is -2.29. The number of thiophene rings is 1. The maximum Gasteiger partial charge on any atom is 0.261 e. The van der Waals surface area contributed by atoms with Crippen molar-refractivity contribution in [1.29, 1.82) is 0 Å². The molecule has 0 fully saturated rings. The minimum atomic E-state index is -0.672. The highest BCUT2D eigenvalue weighted by Crippen LogP contribution is 2.40. The van der Waals surface area contributed by atoms with Gasteiger partial charge in [-0.3, -0.25) is 19.4 Å². The van der Waals surface area contributed by atoms with Crippen molar-refractivity contribution < 1.29 is 18.8 Å². The maximum atomic E-state index is 13.4. The summed E-state index contributed by atoms with van der Waals surface area (Å²) in [7, 11) is 1.54. The van der Waals surface area contributed by atoms with E-state index in [1.54, 1.807) is 31.3 Å². The molecule has 1 aliphatic heterocycles. The number of halogens is 1. The van der Waals surface area contributed by atoms with E-state index in [-0.39, 0.29) is 35.0 Å². The molecule has 4 rings (SSSR count). The first-order chi connectivity index (χ1) is 16.7. The summed E-state index contributed by atoms with van der Waals surface area (Å²) in [4.78, 5) is 44.0. The molecule has 1 atom stereocenters. The number of aromatic nitrogens is 1. The van der Waals surface area contributed by atoms with Crippen LogP contribution >= 0.6 is 11.3 Å². The number of pyridine rings is 1. The molecule has 182 valence electrons. The molecule has 1 aromatic carbocycles. The van der Waals surface area contributed by atoms with E-state index in [4.69, 9.17) is 10.7 Å². The van der Waals surface area contributed by atoms with Gasteiger partial charge in [-0.25, -0.2) is 4.39 Å². The van der Waals surface area contributed by atoms with Gasteiger partial charge in [0.25, 0.3) is 17.7 Å². The summed E-state index contributed by atoms with van der Waals surface area (Å²) in [6.07, 6.45) is 1.03. The van der Waals surface area contributed by atoms with Gasteiger partial charge in [0, 0.05) is 30.0 Å². The Labute approximate surface area is 207 Å². The van der Waals surface area contributed by atoms with Crippen molar-refractivity contribution in [3.63, 3.8) is 0 Å². The minimum Gasteiger partial charge on any atom is -0.366 e. The van der Waals surface area contributed by atoms with E-state index in [2.05, 4.69) is 10.6 Å². The maximum absolute atomic E-state index is 13.4. The largest absolute Gasteiger partial charge is 0.366 e. The molecule has 7 nitrogen and oxygen atoms in total. The van der Waals surface area contributed by atoms with Gasteiger partial charge in [-0.2, -0.15) is 0 Å². The number of nitrogens with zero attached hydrogens (tertiary/aromatic N) is 1. The molecule has 0 saturated carbocycles. The first-order valence-corrected chi connectivity index (χ1v) is 12.2. The highest BCUT2D eigenvalue weighted by molar-refractivity contribution is 7.17. The lowest BCUT2D eigenvalue weighted by molar-refractivity contribution is 0.0937. The molecule has 0 bridgehead atoms. The van der Waals surface area contributed by atoms with Crippen LogP contribution in [0.1, 0.15) is 67.1 Å². The number of amides is 3. The molecule has 3 heterocycles. The van der Waals surface area contributed by atoms with Gasteiger partial charge in [0.05, 0.1) is 27.4 Å². The Balaban J connectivity index is 1.95. The predicted molar refractivity (Wildman–Crippen MR) is 133 cm³/mol. The second kappa shape index (κ2) is 9.95. The van der Waals surface area contributed by atoms with Crippen molar-refractivity contribution in [3.8, 4) is 10.4 Å². The quantitative estimate of drug-likeness (QED) is 0.465. The lowest BCUT2D eigenvalue weighted by Crippen LogP contribution is -2.38. The van der Waals surface area contributed by atoms with Crippen molar-refractivity contribution in [3.05, 3.63) is 75.2 Å². The molecular weight excluding hydrogens is 467 g/mol. The zero-order chi connectivity index (χ0) is 25.3. The highest BCUT2D eigenvalue weighted by atomic mass is 32.1. The van der Waals surface area contributed by atoms with Gasteiger partial charge in [-0.1, -0.05) is 26.0 Å². The van der Waals surface area contributed by atoms with E-state index in [9.17, 15) is 18.8 Å². The fourth-order valence-electron chi connectivity index (χ4n) is 4.42. The number of nitrogens with two attached hydrogens (primary N) is 1. The molecule has 0 radical (unpaired) electrons. The molecule has 1 unspecified atom stereocenters. The molecule has 0 saturated heterocycles. The third kappa shape index (κ3) is 4.95. The average Bonchev–Trinajstić information content (AvgIpc) is 3.30. The van der Waals surface area contributed by atoms with Crippen LogP contribution < -0.4 is 16.4 Å². The first kappa shape index (κ1) is 24.5. The first-order valence-electron chi connectivity index (χ1n) is 11.4. The SMILES string of the molecule is CNC(=O)c1ccc(-c2c(C(N)=O)c(CC(C)C)nc3c2C(=O)NCC3Cc2ccc(F)cc2)s1. The van der Waals surface area contributed by atoms with Crippen molar-refractivity contribution in [2.45, 2.75) is 32.6 Å². The predicted octanol–water partition coefficient (Wildman–Crippen LogP) is 3.68. The highest BCUT2D eigenvalue weighted by Gasteiger charge is 2.35. The number of carbonyl (C=O) groups is 3. The zero-order valence-corrected chi connectivity index (χ0v) is 20.6. The fraction of sp³-hybridized carbons (Fsp3) is 0.308. The summed E-state index contributed by atoms with van der Waals surface area (Å²) in [5.74, 6) is -1.59. The summed E-state index contributed by atoms with van der Waals surface area (Å²) >= 11 is 1.19. The molecular formula is C26H27FN4O3S. The molecule has 1 aliphatic rings. The average molecular weight is 495 g/mol. The van der Waals surface area contributed by atoms with E-state index in [0.717, 1.165) is 5.56 Å². The van der Waals surface area contributed by atoms with Gasteiger partial charge in [0.1, 0.15) is 5.82 Å². The number of hydrogen-bond acceptors (Lipinski definition) is 5. The van der Waals surface area contributed by atoms with Crippen LogP contribution in [0, 0.1) is 11.7 Å². The number of carbonyl (C=O) groups excluding carboxylic acids is 3. The standard InChI is InChI=1S/C26H27FN4O3S/c1-13(2)10-17-20(24(28)32)21(18-8-9-19(35-18)25(33)29-3)22-23(31-17)15(12-30-26(22)34)11-14-4-6-16(27)7-5-14/h4-9,13,15H,10-12H2,1-3H3,(H2,28,32)(H,29,33)(H,30,34). The Kier molecular flexibility index (Phi) is 6.98. The molecule has 4 N–H and O–H groups in total. The number of fused-ring (bicyclic) bond motifs is 1. The molecule has 35 heavy (non-hydrogen) atoms. The zero-order valence-electron chi connectivity index (χ0n) is 19.8. The number of primary amides is 1. The number of nitrogens with one attached hydrogen (secondary N) is 2. The summed E-state index contributed by atoms with van der Waals surface area (Å²) in [6, 6.07) is 9.64. The molecule has 2 aromatic heterocycles. The van der Waals surface area contributed by atoms with Crippen LogP contribution in [-0.4, -0.2) is 36.3 Å². The Bertz CT molecular complexity index is 1300. The Morgan fingerprint density at radius 3 is 2.54 bits per heavy atom. The van der Waals surface area contributed by atoms with Crippen LogP contribution in [0.15, 0.2) is 36.4 Å². The molecule has 3 aromatic rings. The Hall–Kier alpha value is -3.59. The van der Waals surface area contributed by atoms with Gasteiger partial charge in [-0.05, 0) is 48.6 Å². The van der Waals surface area contributed by atoms with Gasteiger partial charge in [-0.15, -0.1) is 11.3 Å². The number of rotatable bonds is 7. The van der Waals surface area contributed by atoms with E-state index < -0.39 is 5.91 Å². The lowest BCUT2D eigenvalue weighted by atomic mass is 9.84. The van der Waals surface area contributed by atoms with Crippen LogP contribution in [0.3, 0.4) is 0 Å². The second-order valence-corrected chi connectivity index (χ2v) is 10.1. The van der Waals surface area contributed by atoms with Crippen molar-refractivity contribution in [2.75, 3.05) is 13.6 Å². The summed E-state index contributed by atoms with van der Waals surface area (Å²) in [5, 5.41) is 5.51. The van der Waals surface area contributed by atoms with E-state index in [1.807, 2.05) is 13.8 Å². The van der Waals surface area contributed by atoms with Crippen molar-refractivity contribution in [1.82, 2.24) is 15.6 Å². The molecule has 0 aliphatic carbocycles. The van der Waals surface area contributed by atoms with E-state index >= 15 is 0 Å². The van der Waals surface area contributed by atoms with Crippen LogP contribution in [0.4, 0.5) is 4.39 Å². The van der Waals surface area contributed by atoms with Crippen LogP contribution in [0.25, 0.3) is 10.4 Å². The summed E-state index contributed by atoms with van der Waals surface area (Å²) in [5.41, 5.74) is 8.81. The minimum absolute atomic E-state index is 0.182. The topological polar surface area (TPSA) is 114 Å². The van der Waals surface area contributed by atoms with Crippen molar-refractivity contribution >= 4 is 29.1 Å².